The Morgan fingerprint density at radius 3 is 2.42 bits per heavy atom. The van der Waals surface area contributed by atoms with Crippen molar-refractivity contribution in [3.63, 3.8) is 0 Å². The average Bonchev–Trinajstić information content (AvgIpc) is 3.10. The van der Waals surface area contributed by atoms with Crippen LogP contribution in [0.3, 0.4) is 0 Å². The minimum Gasteiger partial charge on any atom is -0.307 e. The van der Waals surface area contributed by atoms with E-state index in [1.807, 2.05) is 17.0 Å². The van der Waals surface area contributed by atoms with E-state index in [0.717, 1.165) is 43.7 Å². The third-order valence-corrected chi connectivity index (χ3v) is 7.56. The molecule has 33 heavy (non-hydrogen) atoms. The number of piperidine rings is 1. The number of hydrogen-bond acceptors (Lipinski definition) is 2. The van der Waals surface area contributed by atoms with Gasteiger partial charge in [0.1, 0.15) is 5.82 Å². The van der Waals surface area contributed by atoms with Crippen LogP contribution in [0.4, 0.5) is 10.1 Å². The van der Waals surface area contributed by atoms with E-state index in [1.165, 1.54) is 23.3 Å². The molecule has 0 radical (unpaired) electrons. The number of likely N-dealkylation sites (tertiary alicyclic amines) is 1. The lowest BCUT2D eigenvalue weighted by atomic mass is 9.74. The monoisotopic (exact) mass is 482 g/mol. The molecule has 2 aliphatic heterocycles. The maximum absolute atomic E-state index is 13.5. The molecule has 5 rings (SSSR count). The van der Waals surface area contributed by atoms with E-state index in [9.17, 15) is 9.18 Å². The maximum Gasteiger partial charge on any atom is 0.259 e. The zero-order chi connectivity index (χ0) is 23.2. The first-order valence-electron chi connectivity index (χ1n) is 11.2. The minimum absolute atomic E-state index is 0.0742. The molecule has 0 bridgehead atoms. The highest BCUT2D eigenvalue weighted by molar-refractivity contribution is 6.37. The van der Waals surface area contributed by atoms with E-state index in [0.29, 0.717) is 22.2 Å². The molecule has 3 aromatic carbocycles. The van der Waals surface area contributed by atoms with Crippen molar-refractivity contribution in [2.45, 2.75) is 31.7 Å². The van der Waals surface area contributed by atoms with E-state index in [-0.39, 0.29) is 17.1 Å². The van der Waals surface area contributed by atoms with Gasteiger partial charge in [-0.25, -0.2) is 4.39 Å². The van der Waals surface area contributed by atoms with Gasteiger partial charge in [-0.3, -0.25) is 9.69 Å². The normalized spacial score (nSPS) is 17.4. The predicted octanol–water partition coefficient (Wildman–Crippen LogP) is 6.64. The molecule has 3 nitrogen and oxygen atoms in total. The first-order valence-corrected chi connectivity index (χ1v) is 12.0. The van der Waals surface area contributed by atoms with Gasteiger partial charge in [-0.2, -0.15) is 0 Å². The minimum atomic E-state index is -0.208. The molecule has 0 saturated carbocycles. The van der Waals surface area contributed by atoms with Crippen LogP contribution in [-0.2, 0) is 12.0 Å². The van der Waals surface area contributed by atoms with Crippen LogP contribution >= 0.6 is 23.2 Å². The quantitative estimate of drug-likeness (QED) is 0.417. The van der Waals surface area contributed by atoms with Crippen LogP contribution in [0.15, 0.2) is 60.7 Å². The number of carbonyl (C=O) groups excluding carboxylic acids is 1. The van der Waals surface area contributed by atoms with Crippen molar-refractivity contribution in [1.29, 1.82) is 0 Å². The van der Waals surface area contributed by atoms with Gasteiger partial charge < -0.3 is 4.90 Å². The Morgan fingerprint density at radius 1 is 1.00 bits per heavy atom. The lowest BCUT2D eigenvalue weighted by molar-refractivity contribution is 0.0975. The summed E-state index contributed by atoms with van der Waals surface area (Å²) in [5.41, 5.74) is 4.93. The van der Waals surface area contributed by atoms with Crippen LogP contribution in [0.5, 0.6) is 0 Å². The third kappa shape index (κ3) is 4.28. The molecule has 1 saturated heterocycles. The van der Waals surface area contributed by atoms with Crippen LogP contribution in [0.2, 0.25) is 10.0 Å². The molecule has 0 unspecified atom stereocenters. The highest BCUT2D eigenvalue weighted by Crippen LogP contribution is 2.48. The van der Waals surface area contributed by atoms with Crippen LogP contribution in [-0.4, -0.2) is 30.4 Å². The van der Waals surface area contributed by atoms with Gasteiger partial charge >= 0.3 is 0 Å². The molecule has 3 aromatic rings. The fraction of sp³-hybridized carbons (Fsp3) is 0.296. The van der Waals surface area contributed by atoms with Crippen LogP contribution in [0.1, 0.15) is 39.9 Å². The van der Waals surface area contributed by atoms with Gasteiger partial charge in [0.15, 0.2) is 0 Å². The van der Waals surface area contributed by atoms with Crippen LogP contribution in [0, 0.1) is 12.7 Å². The Morgan fingerprint density at radius 2 is 1.73 bits per heavy atom. The number of amides is 1. The Bertz CT molecular complexity index is 1200. The molecule has 1 amide bonds. The Hall–Kier alpha value is -2.40. The summed E-state index contributed by atoms with van der Waals surface area (Å²) in [7, 11) is 0. The number of carbonyl (C=O) groups is 1. The molecular formula is C27H25Cl2FN2O. The Labute approximate surface area is 203 Å². The Balaban J connectivity index is 1.39. The van der Waals surface area contributed by atoms with E-state index in [2.05, 4.69) is 30.0 Å². The molecule has 2 heterocycles. The molecule has 0 aromatic heterocycles. The number of nitrogens with zero attached hydrogens (tertiary/aromatic N) is 2. The van der Waals surface area contributed by atoms with Gasteiger partial charge in [-0.15, -0.1) is 0 Å². The van der Waals surface area contributed by atoms with Gasteiger partial charge in [-0.1, -0.05) is 53.0 Å². The summed E-state index contributed by atoms with van der Waals surface area (Å²) in [4.78, 5) is 17.8. The van der Waals surface area contributed by atoms with Crippen LogP contribution < -0.4 is 4.90 Å². The summed E-state index contributed by atoms with van der Waals surface area (Å²) < 4.78 is 13.2. The summed E-state index contributed by atoms with van der Waals surface area (Å²) >= 11 is 12.4. The fourth-order valence-corrected chi connectivity index (χ4v) is 5.68. The second-order valence-electron chi connectivity index (χ2n) is 9.22. The predicted molar refractivity (Wildman–Crippen MR) is 132 cm³/mol. The van der Waals surface area contributed by atoms with Crippen LogP contribution in [0.25, 0.3) is 0 Å². The zero-order valence-corrected chi connectivity index (χ0v) is 20.0. The highest BCUT2D eigenvalue weighted by Gasteiger charge is 2.46. The molecule has 0 aliphatic carbocycles. The fourth-order valence-electron chi connectivity index (χ4n) is 5.19. The second kappa shape index (κ2) is 8.75. The number of halogens is 3. The second-order valence-corrected chi connectivity index (χ2v) is 10.1. The first-order chi connectivity index (χ1) is 15.8. The highest BCUT2D eigenvalue weighted by atomic mass is 35.5. The number of benzene rings is 3. The number of anilines is 1. The summed E-state index contributed by atoms with van der Waals surface area (Å²) in [5, 5.41) is 0.884. The molecule has 2 aliphatic rings. The maximum atomic E-state index is 13.5. The van der Waals surface area contributed by atoms with E-state index >= 15 is 0 Å². The molecule has 1 spiro atoms. The van der Waals surface area contributed by atoms with Crippen molar-refractivity contribution in [2.24, 2.45) is 0 Å². The van der Waals surface area contributed by atoms with Gasteiger partial charge in [0.2, 0.25) is 0 Å². The van der Waals surface area contributed by atoms with Crippen molar-refractivity contribution in [3.8, 4) is 0 Å². The van der Waals surface area contributed by atoms with Crippen molar-refractivity contribution < 1.29 is 9.18 Å². The summed E-state index contributed by atoms with van der Waals surface area (Å²) in [6.07, 6.45) is 1.92. The first kappa shape index (κ1) is 22.4. The number of aryl methyl sites for hydroxylation is 1. The molecule has 6 heteroatoms. The standard InChI is InChI=1S/C27H25Cl2FN2O/c1-18-2-9-25-23(14-18)27(17-32(25)26(33)22-8-5-20(28)15-24(22)29)10-12-31(13-11-27)16-19-3-6-21(30)7-4-19/h2-9,14-15H,10-13,16-17H2,1H3. The SMILES string of the molecule is Cc1ccc2c(c1)C1(CCN(Cc3ccc(F)cc3)CC1)CN2C(=O)c1ccc(Cl)cc1Cl. The lowest BCUT2D eigenvalue weighted by Gasteiger charge is -2.40. The van der Waals surface area contributed by atoms with Crippen molar-refractivity contribution >= 4 is 34.8 Å². The topological polar surface area (TPSA) is 23.6 Å². The smallest absolute Gasteiger partial charge is 0.259 e. The molecule has 0 N–H and O–H groups in total. The average molecular weight is 483 g/mol. The van der Waals surface area contributed by atoms with Gasteiger partial charge in [0.25, 0.3) is 5.91 Å². The van der Waals surface area contributed by atoms with Gasteiger partial charge in [-0.05, 0) is 80.4 Å². The number of fused-ring (bicyclic) bond motifs is 2. The van der Waals surface area contributed by atoms with Crippen molar-refractivity contribution in [3.05, 3.63) is 98.8 Å². The molecule has 0 atom stereocenters. The number of rotatable bonds is 3. The molecular weight excluding hydrogens is 458 g/mol. The van der Waals surface area contributed by atoms with E-state index in [4.69, 9.17) is 23.2 Å². The van der Waals surface area contributed by atoms with Crippen molar-refractivity contribution in [2.75, 3.05) is 24.5 Å². The Kier molecular flexibility index (Phi) is 5.94. The lowest BCUT2D eigenvalue weighted by Crippen LogP contribution is -2.45. The van der Waals surface area contributed by atoms with E-state index in [1.54, 1.807) is 18.2 Å². The largest absolute Gasteiger partial charge is 0.307 e. The van der Waals surface area contributed by atoms with E-state index < -0.39 is 0 Å². The summed E-state index contributed by atoms with van der Waals surface area (Å²) in [6, 6.07) is 18.1. The van der Waals surface area contributed by atoms with Gasteiger partial charge in [0.05, 0.1) is 10.6 Å². The molecule has 1 fully saturated rings. The number of hydrogen-bond donors (Lipinski definition) is 0. The summed E-state index contributed by atoms with van der Waals surface area (Å²) in [6.45, 7) is 5.40. The molecule has 170 valence electrons. The van der Waals surface area contributed by atoms with Crippen molar-refractivity contribution in [1.82, 2.24) is 4.90 Å². The summed E-state index contributed by atoms with van der Waals surface area (Å²) in [5.74, 6) is -0.299. The zero-order valence-electron chi connectivity index (χ0n) is 18.5. The van der Waals surface area contributed by atoms with Gasteiger partial charge in [0, 0.05) is 29.2 Å². The third-order valence-electron chi connectivity index (χ3n) is 7.01.